The third kappa shape index (κ3) is 2.97. The molecule has 0 aliphatic heterocycles. The Balaban J connectivity index is 1.81. The third-order valence-electron chi connectivity index (χ3n) is 2.88. The molecule has 6 nitrogen and oxygen atoms in total. The lowest BCUT2D eigenvalue weighted by atomic mass is 10.2. The van der Waals surface area contributed by atoms with Crippen LogP contribution in [0.4, 0.5) is 0 Å². The van der Waals surface area contributed by atoms with E-state index in [-0.39, 0.29) is 17.7 Å². The van der Waals surface area contributed by atoms with Crippen LogP contribution in [0.25, 0.3) is 22.1 Å². The van der Waals surface area contributed by atoms with Crippen LogP contribution < -0.4 is 5.32 Å². The predicted molar refractivity (Wildman–Crippen MR) is 83.2 cm³/mol. The topological polar surface area (TPSA) is 83.6 Å². The standard InChI is InChI=1S/C14H15N5OS/c1-8(2)15-11(20)7-21-14-17-13-12(18-19-14)9-5-3-4-6-10(9)16-13/h3-6,8H,7H2,1-2H3,(H,15,20)(H,16,17,19). The first-order valence-corrected chi connectivity index (χ1v) is 7.65. The van der Waals surface area contributed by atoms with Crippen molar-refractivity contribution in [2.24, 2.45) is 0 Å². The second-order valence-corrected chi connectivity index (χ2v) is 5.92. The number of fused-ring (bicyclic) bond motifs is 3. The molecule has 0 aliphatic rings. The number of carbonyl (C=O) groups excluding carboxylic acids is 1. The molecular formula is C14H15N5OS. The van der Waals surface area contributed by atoms with Crippen molar-refractivity contribution in [1.82, 2.24) is 25.5 Å². The van der Waals surface area contributed by atoms with Crippen LogP contribution >= 0.6 is 11.8 Å². The van der Waals surface area contributed by atoms with Gasteiger partial charge in [0, 0.05) is 16.9 Å². The zero-order valence-corrected chi connectivity index (χ0v) is 12.6. The van der Waals surface area contributed by atoms with Crippen LogP contribution in [-0.4, -0.2) is 37.9 Å². The molecule has 3 rings (SSSR count). The van der Waals surface area contributed by atoms with E-state index in [4.69, 9.17) is 0 Å². The lowest BCUT2D eigenvalue weighted by Gasteiger charge is -2.06. The van der Waals surface area contributed by atoms with Gasteiger partial charge in [-0.25, -0.2) is 4.98 Å². The summed E-state index contributed by atoms with van der Waals surface area (Å²) in [6.07, 6.45) is 0. The minimum atomic E-state index is -0.0321. The zero-order valence-electron chi connectivity index (χ0n) is 11.8. The zero-order chi connectivity index (χ0) is 14.8. The number of para-hydroxylation sites is 1. The summed E-state index contributed by atoms with van der Waals surface area (Å²) in [4.78, 5) is 19.2. The van der Waals surface area contributed by atoms with Crippen LogP contribution in [0.15, 0.2) is 29.4 Å². The Morgan fingerprint density at radius 2 is 2.14 bits per heavy atom. The number of rotatable bonds is 4. The SMILES string of the molecule is CC(C)NC(=O)CSc1nnc2c(n1)[nH]c1ccccc12. The fraction of sp³-hybridized carbons (Fsp3) is 0.286. The maximum absolute atomic E-state index is 11.6. The van der Waals surface area contributed by atoms with Crippen molar-refractivity contribution in [3.8, 4) is 0 Å². The minimum absolute atomic E-state index is 0.0321. The third-order valence-corrected chi connectivity index (χ3v) is 3.72. The van der Waals surface area contributed by atoms with Gasteiger partial charge in [0.25, 0.3) is 0 Å². The summed E-state index contributed by atoms with van der Waals surface area (Å²) in [7, 11) is 0. The highest BCUT2D eigenvalue weighted by molar-refractivity contribution is 7.99. The minimum Gasteiger partial charge on any atom is -0.353 e. The van der Waals surface area contributed by atoms with E-state index in [2.05, 4.69) is 25.5 Å². The molecule has 2 heterocycles. The normalized spacial score (nSPS) is 11.4. The highest BCUT2D eigenvalue weighted by atomic mass is 32.2. The van der Waals surface area contributed by atoms with Gasteiger partial charge in [0.1, 0.15) is 5.52 Å². The molecule has 3 aromatic rings. The smallest absolute Gasteiger partial charge is 0.230 e. The molecule has 0 unspecified atom stereocenters. The van der Waals surface area contributed by atoms with E-state index in [1.165, 1.54) is 11.8 Å². The molecule has 0 saturated heterocycles. The number of nitrogens with zero attached hydrogens (tertiary/aromatic N) is 3. The summed E-state index contributed by atoms with van der Waals surface area (Å²) in [5, 5.41) is 12.6. The fourth-order valence-corrected chi connectivity index (χ4v) is 2.66. The second kappa shape index (κ2) is 5.69. The molecule has 0 atom stereocenters. The van der Waals surface area contributed by atoms with Gasteiger partial charge in [0.2, 0.25) is 11.1 Å². The molecule has 2 N–H and O–H groups in total. The molecule has 0 aliphatic carbocycles. The van der Waals surface area contributed by atoms with Gasteiger partial charge in [-0.2, -0.15) is 0 Å². The quantitative estimate of drug-likeness (QED) is 0.721. The Morgan fingerprint density at radius 3 is 2.95 bits per heavy atom. The number of thioether (sulfide) groups is 1. The summed E-state index contributed by atoms with van der Waals surface area (Å²) in [6, 6.07) is 8.00. The van der Waals surface area contributed by atoms with Crippen LogP contribution in [0.1, 0.15) is 13.8 Å². The van der Waals surface area contributed by atoms with Gasteiger partial charge in [0.05, 0.1) is 5.75 Å². The number of carbonyl (C=O) groups is 1. The van der Waals surface area contributed by atoms with Gasteiger partial charge < -0.3 is 10.3 Å². The Morgan fingerprint density at radius 1 is 1.33 bits per heavy atom. The lowest BCUT2D eigenvalue weighted by molar-refractivity contribution is -0.119. The number of amides is 1. The molecule has 0 spiro atoms. The number of nitrogens with one attached hydrogen (secondary N) is 2. The van der Waals surface area contributed by atoms with Gasteiger partial charge in [-0.05, 0) is 19.9 Å². The molecule has 0 radical (unpaired) electrons. The van der Waals surface area contributed by atoms with Gasteiger partial charge >= 0.3 is 0 Å². The van der Waals surface area contributed by atoms with Gasteiger partial charge in [0.15, 0.2) is 5.65 Å². The van der Waals surface area contributed by atoms with Crippen molar-refractivity contribution in [2.45, 2.75) is 25.0 Å². The average molecular weight is 301 g/mol. The van der Waals surface area contributed by atoms with E-state index >= 15 is 0 Å². The van der Waals surface area contributed by atoms with E-state index in [0.717, 1.165) is 16.4 Å². The molecule has 108 valence electrons. The molecule has 2 aromatic heterocycles. The number of hydrogen-bond acceptors (Lipinski definition) is 5. The van der Waals surface area contributed by atoms with Crippen LogP contribution in [0.5, 0.6) is 0 Å². The van der Waals surface area contributed by atoms with Crippen LogP contribution in [-0.2, 0) is 4.79 Å². The van der Waals surface area contributed by atoms with Crippen molar-refractivity contribution in [3.63, 3.8) is 0 Å². The van der Waals surface area contributed by atoms with Crippen molar-refractivity contribution in [2.75, 3.05) is 5.75 Å². The largest absolute Gasteiger partial charge is 0.353 e. The van der Waals surface area contributed by atoms with Crippen molar-refractivity contribution in [3.05, 3.63) is 24.3 Å². The van der Waals surface area contributed by atoms with Crippen molar-refractivity contribution in [1.29, 1.82) is 0 Å². The van der Waals surface area contributed by atoms with E-state index in [1.54, 1.807) is 0 Å². The molecule has 7 heteroatoms. The van der Waals surface area contributed by atoms with Gasteiger partial charge in [-0.15, -0.1) is 10.2 Å². The fourth-order valence-electron chi connectivity index (χ4n) is 2.06. The molecule has 0 saturated carbocycles. The van der Waals surface area contributed by atoms with Crippen LogP contribution in [0.3, 0.4) is 0 Å². The molecule has 1 amide bonds. The van der Waals surface area contributed by atoms with E-state index in [0.29, 0.717) is 10.8 Å². The predicted octanol–water partition coefficient (Wildman–Crippen LogP) is 2.12. The highest BCUT2D eigenvalue weighted by Crippen LogP contribution is 2.23. The Bertz CT molecular complexity index is 798. The summed E-state index contributed by atoms with van der Waals surface area (Å²) in [5.74, 6) is 0.251. The second-order valence-electron chi connectivity index (χ2n) is 4.97. The summed E-state index contributed by atoms with van der Waals surface area (Å²) in [6.45, 7) is 3.86. The molecule has 0 fully saturated rings. The number of hydrogen-bond donors (Lipinski definition) is 2. The molecule has 1 aromatic carbocycles. The van der Waals surface area contributed by atoms with Crippen molar-refractivity contribution < 1.29 is 4.79 Å². The monoisotopic (exact) mass is 301 g/mol. The van der Waals surface area contributed by atoms with E-state index in [9.17, 15) is 4.79 Å². The maximum atomic E-state index is 11.6. The average Bonchev–Trinajstić information content (AvgIpc) is 2.82. The first-order chi connectivity index (χ1) is 10.1. The first kappa shape index (κ1) is 13.8. The van der Waals surface area contributed by atoms with E-state index in [1.807, 2.05) is 38.1 Å². The van der Waals surface area contributed by atoms with Gasteiger partial charge in [-0.3, -0.25) is 4.79 Å². The lowest BCUT2D eigenvalue weighted by Crippen LogP contribution is -2.31. The number of benzene rings is 1. The van der Waals surface area contributed by atoms with Crippen LogP contribution in [0.2, 0.25) is 0 Å². The Hall–Kier alpha value is -2.15. The number of aromatic amines is 1. The Labute approximate surface area is 125 Å². The summed E-state index contributed by atoms with van der Waals surface area (Å²) in [5.41, 5.74) is 2.42. The van der Waals surface area contributed by atoms with E-state index < -0.39 is 0 Å². The Kier molecular flexibility index (Phi) is 3.74. The molecular weight excluding hydrogens is 286 g/mol. The summed E-state index contributed by atoms with van der Waals surface area (Å²) < 4.78 is 0. The number of aromatic nitrogens is 4. The first-order valence-electron chi connectivity index (χ1n) is 6.67. The summed E-state index contributed by atoms with van der Waals surface area (Å²) >= 11 is 1.28. The highest BCUT2D eigenvalue weighted by Gasteiger charge is 2.10. The van der Waals surface area contributed by atoms with Crippen LogP contribution in [0, 0.1) is 0 Å². The maximum Gasteiger partial charge on any atom is 0.230 e. The van der Waals surface area contributed by atoms with Gasteiger partial charge in [-0.1, -0.05) is 30.0 Å². The molecule has 0 bridgehead atoms. The molecule has 21 heavy (non-hydrogen) atoms. The number of H-pyrrole nitrogens is 1. The van der Waals surface area contributed by atoms with Crippen molar-refractivity contribution >= 4 is 39.7 Å².